The number of benzene rings is 3. The third kappa shape index (κ3) is 4.38. The van der Waals surface area contributed by atoms with Gasteiger partial charge in [0.2, 0.25) is 0 Å². The largest absolute Gasteiger partial charge is 0.478 e. The van der Waals surface area contributed by atoms with Crippen molar-refractivity contribution in [3.8, 4) is 22.5 Å². The van der Waals surface area contributed by atoms with Gasteiger partial charge in [0.05, 0.1) is 23.2 Å². The Morgan fingerprint density at radius 2 is 1.75 bits per heavy atom. The molecule has 0 amide bonds. The van der Waals surface area contributed by atoms with Crippen LogP contribution in [0.25, 0.3) is 33.4 Å². The Hall–Kier alpha value is -4.65. The summed E-state index contributed by atoms with van der Waals surface area (Å²) in [4.78, 5) is 24.8. The van der Waals surface area contributed by atoms with Gasteiger partial charge in [-0.15, -0.1) is 0 Å². The molecule has 0 spiro atoms. The molecular weight excluding hydrogens is 454 g/mol. The molecule has 1 atom stereocenters. The number of aryl methyl sites for hydroxylation is 2. The third-order valence-corrected chi connectivity index (χ3v) is 6.21. The lowest BCUT2D eigenvalue weighted by Gasteiger charge is -2.19. The van der Waals surface area contributed by atoms with E-state index in [2.05, 4.69) is 10.4 Å². The van der Waals surface area contributed by atoms with E-state index < -0.39 is 5.97 Å². The second-order valence-corrected chi connectivity index (χ2v) is 8.90. The molecule has 36 heavy (non-hydrogen) atoms. The van der Waals surface area contributed by atoms with E-state index >= 15 is 0 Å². The smallest absolute Gasteiger partial charge is 0.337 e. The molecule has 0 saturated heterocycles. The average Bonchev–Trinajstić information content (AvgIpc) is 3.30. The van der Waals surface area contributed by atoms with Gasteiger partial charge >= 0.3 is 5.97 Å². The number of carbonyl (C=O) groups is 1. The molecule has 3 aromatic carbocycles. The van der Waals surface area contributed by atoms with Crippen molar-refractivity contribution in [3.63, 3.8) is 0 Å². The van der Waals surface area contributed by atoms with Gasteiger partial charge in [-0.2, -0.15) is 5.10 Å². The van der Waals surface area contributed by atoms with Crippen molar-refractivity contribution >= 4 is 22.6 Å². The van der Waals surface area contributed by atoms with Crippen LogP contribution in [-0.2, 0) is 7.05 Å². The number of rotatable bonds is 6. The Morgan fingerprint density at radius 3 is 2.44 bits per heavy atom. The zero-order valence-corrected chi connectivity index (χ0v) is 20.1. The minimum absolute atomic E-state index is 0.134. The van der Waals surface area contributed by atoms with Crippen molar-refractivity contribution in [1.82, 2.24) is 9.78 Å². The van der Waals surface area contributed by atoms with Crippen molar-refractivity contribution in [3.05, 3.63) is 106 Å². The van der Waals surface area contributed by atoms with Crippen LogP contribution in [0.3, 0.4) is 0 Å². The van der Waals surface area contributed by atoms with Gasteiger partial charge in [0.25, 0.3) is 0 Å². The Labute approximate surface area is 207 Å². The van der Waals surface area contributed by atoms with E-state index in [1.807, 2.05) is 63.5 Å². The van der Waals surface area contributed by atoms with Gasteiger partial charge in [0, 0.05) is 41.7 Å². The lowest BCUT2D eigenvalue weighted by Crippen LogP contribution is -2.12. The summed E-state index contributed by atoms with van der Waals surface area (Å²) < 4.78 is 8.08. The fraction of sp³-hybridized carbons (Fsp3) is 0.138. The van der Waals surface area contributed by atoms with E-state index in [0.29, 0.717) is 22.4 Å². The number of hydrogen-bond donors (Lipinski definition) is 2. The maximum absolute atomic E-state index is 13.1. The van der Waals surface area contributed by atoms with E-state index in [1.165, 1.54) is 6.07 Å². The number of fused-ring (bicyclic) bond motifs is 1. The van der Waals surface area contributed by atoms with Gasteiger partial charge in [0.15, 0.2) is 5.43 Å². The molecule has 0 aliphatic heterocycles. The molecule has 0 aliphatic rings. The van der Waals surface area contributed by atoms with Gasteiger partial charge < -0.3 is 14.8 Å². The predicted molar refractivity (Wildman–Crippen MR) is 140 cm³/mol. The van der Waals surface area contributed by atoms with E-state index in [0.717, 1.165) is 27.8 Å². The Morgan fingerprint density at radius 1 is 1.03 bits per heavy atom. The molecule has 0 unspecified atom stereocenters. The average molecular weight is 480 g/mol. The molecule has 0 radical (unpaired) electrons. The molecule has 2 heterocycles. The van der Waals surface area contributed by atoms with E-state index in [-0.39, 0.29) is 17.0 Å². The maximum Gasteiger partial charge on any atom is 0.337 e. The van der Waals surface area contributed by atoms with Crippen molar-refractivity contribution in [2.45, 2.75) is 19.9 Å². The monoisotopic (exact) mass is 479 g/mol. The summed E-state index contributed by atoms with van der Waals surface area (Å²) in [5, 5.41) is 17.5. The van der Waals surface area contributed by atoms with Crippen LogP contribution in [0.2, 0.25) is 0 Å². The standard InChI is InChI=1S/C29H25N3O4/c1-17-12-23(18(2)31-25-7-5-4-6-22(25)29(34)35)28-24(13-17)26(33)14-27(36-28)20-10-8-19(9-11-20)21-15-30-32(3)16-21/h4-16,18,31H,1-3H3,(H,34,35)/t18-/m1/s1. The summed E-state index contributed by atoms with van der Waals surface area (Å²) in [6.45, 7) is 3.84. The number of carboxylic acid groups (broad SMARTS) is 1. The van der Waals surface area contributed by atoms with Gasteiger partial charge in [-0.05, 0) is 43.2 Å². The SMILES string of the molecule is Cc1cc([C@@H](C)Nc2ccccc2C(=O)O)c2oc(-c3ccc(-c4cnn(C)c4)cc3)cc(=O)c2c1. The molecule has 180 valence electrons. The van der Waals surface area contributed by atoms with Crippen LogP contribution in [0, 0.1) is 6.92 Å². The number of anilines is 1. The molecular formula is C29H25N3O4. The zero-order chi connectivity index (χ0) is 25.4. The van der Waals surface area contributed by atoms with Gasteiger partial charge in [-0.25, -0.2) is 4.79 Å². The maximum atomic E-state index is 13.1. The molecule has 2 aromatic heterocycles. The number of aromatic nitrogens is 2. The van der Waals surface area contributed by atoms with Crippen LogP contribution in [0.1, 0.15) is 34.5 Å². The Bertz CT molecular complexity index is 1650. The lowest BCUT2D eigenvalue weighted by atomic mass is 10.00. The fourth-order valence-electron chi connectivity index (χ4n) is 4.40. The van der Waals surface area contributed by atoms with E-state index in [1.54, 1.807) is 35.1 Å². The predicted octanol–water partition coefficient (Wildman–Crippen LogP) is 6.04. The minimum atomic E-state index is -1.01. The van der Waals surface area contributed by atoms with Crippen LogP contribution in [0.15, 0.2) is 88.3 Å². The topological polar surface area (TPSA) is 97.4 Å². The highest BCUT2D eigenvalue weighted by molar-refractivity contribution is 5.94. The highest BCUT2D eigenvalue weighted by atomic mass is 16.4. The summed E-state index contributed by atoms with van der Waals surface area (Å²) in [5.41, 5.74) is 5.51. The molecule has 2 N–H and O–H groups in total. The Balaban J connectivity index is 1.56. The number of nitrogens with one attached hydrogen (secondary N) is 1. The van der Waals surface area contributed by atoms with Crippen molar-refractivity contribution in [1.29, 1.82) is 0 Å². The summed E-state index contributed by atoms with van der Waals surface area (Å²) in [6, 6.07) is 19.5. The minimum Gasteiger partial charge on any atom is -0.478 e. The van der Waals surface area contributed by atoms with E-state index in [9.17, 15) is 14.7 Å². The number of aromatic carboxylic acids is 1. The number of carboxylic acids is 1. The number of para-hydroxylation sites is 1. The summed E-state index contributed by atoms with van der Waals surface area (Å²) in [7, 11) is 1.87. The first kappa shape index (κ1) is 23.1. The molecule has 0 aliphatic carbocycles. The summed E-state index contributed by atoms with van der Waals surface area (Å²) >= 11 is 0. The first-order valence-corrected chi connectivity index (χ1v) is 11.6. The molecule has 5 aromatic rings. The van der Waals surface area contributed by atoms with Gasteiger partial charge in [0.1, 0.15) is 11.3 Å². The Kier molecular flexibility index (Phi) is 5.90. The zero-order valence-electron chi connectivity index (χ0n) is 20.1. The van der Waals surface area contributed by atoms with Crippen molar-refractivity contribution < 1.29 is 14.3 Å². The van der Waals surface area contributed by atoms with E-state index in [4.69, 9.17) is 4.42 Å². The van der Waals surface area contributed by atoms with Crippen molar-refractivity contribution in [2.24, 2.45) is 7.05 Å². The summed E-state index contributed by atoms with van der Waals surface area (Å²) in [6.07, 6.45) is 3.74. The number of nitrogens with zero attached hydrogens (tertiary/aromatic N) is 2. The molecule has 0 saturated carbocycles. The molecule has 7 heteroatoms. The fourth-order valence-corrected chi connectivity index (χ4v) is 4.40. The highest BCUT2D eigenvalue weighted by Gasteiger charge is 2.18. The van der Waals surface area contributed by atoms with Crippen LogP contribution < -0.4 is 10.7 Å². The molecule has 0 bridgehead atoms. The number of hydrogen-bond acceptors (Lipinski definition) is 5. The van der Waals surface area contributed by atoms with Crippen LogP contribution in [-0.4, -0.2) is 20.9 Å². The summed E-state index contributed by atoms with van der Waals surface area (Å²) in [5.74, 6) is -0.545. The highest BCUT2D eigenvalue weighted by Crippen LogP contribution is 2.32. The molecule has 0 fully saturated rings. The molecule has 5 rings (SSSR count). The second-order valence-electron chi connectivity index (χ2n) is 8.90. The lowest BCUT2D eigenvalue weighted by molar-refractivity contribution is 0.0698. The van der Waals surface area contributed by atoms with Gasteiger partial charge in [-0.1, -0.05) is 42.5 Å². The van der Waals surface area contributed by atoms with Crippen LogP contribution in [0.4, 0.5) is 5.69 Å². The molecule has 7 nitrogen and oxygen atoms in total. The quantitative estimate of drug-likeness (QED) is 0.308. The second kappa shape index (κ2) is 9.19. The normalized spacial score (nSPS) is 12.0. The third-order valence-electron chi connectivity index (χ3n) is 6.21. The first-order valence-electron chi connectivity index (χ1n) is 11.6. The van der Waals surface area contributed by atoms with Crippen molar-refractivity contribution in [2.75, 3.05) is 5.32 Å². The van der Waals surface area contributed by atoms with Crippen LogP contribution >= 0.6 is 0 Å². The van der Waals surface area contributed by atoms with Gasteiger partial charge in [-0.3, -0.25) is 9.48 Å². The van der Waals surface area contributed by atoms with Crippen LogP contribution in [0.5, 0.6) is 0 Å². The first-order chi connectivity index (χ1) is 17.3.